The molecule has 3 N–H and O–H groups in total. The van der Waals surface area contributed by atoms with Gasteiger partial charge in [0, 0.05) is 49.5 Å². The van der Waals surface area contributed by atoms with Crippen molar-refractivity contribution in [3.05, 3.63) is 17.0 Å². The highest BCUT2D eigenvalue weighted by atomic mass is 16.3. The third-order valence-corrected chi connectivity index (χ3v) is 6.24. The average molecular weight is 377 g/mol. The van der Waals surface area contributed by atoms with Crippen molar-refractivity contribution < 1.29 is 9.90 Å². The molecule has 1 saturated carbocycles. The van der Waals surface area contributed by atoms with Gasteiger partial charge in [-0.15, -0.1) is 0 Å². The van der Waals surface area contributed by atoms with Crippen LogP contribution in [0.1, 0.15) is 74.1 Å². The quantitative estimate of drug-likeness (QED) is 0.682. The van der Waals surface area contributed by atoms with E-state index >= 15 is 0 Å². The lowest BCUT2D eigenvalue weighted by Crippen LogP contribution is -2.42. The maximum absolute atomic E-state index is 12.4. The Labute approximate surface area is 163 Å². The molecule has 27 heavy (non-hydrogen) atoms. The number of hydrogen-bond donors (Lipinski definition) is 3. The SMILES string of the molecule is CNC(=O)c1nn(CC2CCCCC2)c2c1C[C@@H](NCC(C)(C)CO)CC2. The van der Waals surface area contributed by atoms with E-state index in [9.17, 15) is 9.90 Å². The normalized spacial score (nSPS) is 21.1. The molecule has 1 amide bonds. The minimum Gasteiger partial charge on any atom is -0.396 e. The second-order valence-electron chi connectivity index (χ2n) is 9.18. The first-order chi connectivity index (χ1) is 12.9. The molecule has 1 fully saturated rings. The summed E-state index contributed by atoms with van der Waals surface area (Å²) in [4.78, 5) is 12.4. The van der Waals surface area contributed by atoms with Crippen molar-refractivity contribution in [2.24, 2.45) is 11.3 Å². The molecule has 6 nitrogen and oxygen atoms in total. The summed E-state index contributed by atoms with van der Waals surface area (Å²) in [5, 5.41) is 20.6. The van der Waals surface area contributed by atoms with Gasteiger partial charge in [-0.2, -0.15) is 5.10 Å². The fraction of sp³-hybridized carbons (Fsp3) is 0.810. The molecular weight excluding hydrogens is 340 g/mol. The van der Waals surface area contributed by atoms with Crippen LogP contribution in [0.15, 0.2) is 0 Å². The van der Waals surface area contributed by atoms with Crippen LogP contribution in [0.3, 0.4) is 0 Å². The number of aliphatic hydroxyl groups is 1. The minimum absolute atomic E-state index is 0.0787. The number of hydrogen-bond acceptors (Lipinski definition) is 4. The minimum atomic E-state index is -0.130. The van der Waals surface area contributed by atoms with Crippen LogP contribution in [0, 0.1) is 11.3 Å². The van der Waals surface area contributed by atoms with E-state index in [0.717, 1.165) is 37.9 Å². The van der Waals surface area contributed by atoms with Crippen molar-refractivity contribution in [3.63, 3.8) is 0 Å². The molecule has 1 aromatic rings. The summed E-state index contributed by atoms with van der Waals surface area (Å²) in [6.07, 6.45) is 9.42. The summed E-state index contributed by atoms with van der Waals surface area (Å²) in [6.45, 7) is 6.02. The molecule has 3 rings (SSSR count). The van der Waals surface area contributed by atoms with Crippen molar-refractivity contribution >= 4 is 5.91 Å². The van der Waals surface area contributed by atoms with E-state index < -0.39 is 0 Å². The van der Waals surface area contributed by atoms with E-state index in [-0.39, 0.29) is 17.9 Å². The average Bonchev–Trinajstić information content (AvgIpc) is 3.04. The van der Waals surface area contributed by atoms with Crippen molar-refractivity contribution in [3.8, 4) is 0 Å². The van der Waals surface area contributed by atoms with E-state index in [1.54, 1.807) is 7.05 Å². The Morgan fingerprint density at radius 1 is 1.26 bits per heavy atom. The molecule has 1 aromatic heterocycles. The summed E-state index contributed by atoms with van der Waals surface area (Å²) in [6, 6.07) is 0.332. The highest BCUT2D eigenvalue weighted by Gasteiger charge is 2.30. The number of carbonyl (C=O) groups excluding carboxylic acids is 1. The van der Waals surface area contributed by atoms with Gasteiger partial charge in [-0.05, 0) is 38.0 Å². The fourth-order valence-electron chi connectivity index (χ4n) is 4.40. The Hall–Kier alpha value is -1.40. The van der Waals surface area contributed by atoms with Gasteiger partial charge in [0.05, 0.1) is 0 Å². The van der Waals surface area contributed by atoms with Crippen LogP contribution in [-0.2, 0) is 19.4 Å². The molecule has 2 aliphatic rings. The van der Waals surface area contributed by atoms with Gasteiger partial charge < -0.3 is 15.7 Å². The molecule has 0 aliphatic heterocycles. The zero-order valence-corrected chi connectivity index (χ0v) is 17.2. The Morgan fingerprint density at radius 2 is 2.00 bits per heavy atom. The summed E-state index contributed by atoms with van der Waals surface area (Å²) < 4.78 is 2.14. The van der Waals surface area contributed by atoms with Crippen LogP contribution in [0.5, 0.6) is 0 Å². The molecule has 2 aliphatic carbocycles. The number of aromatic nitrogens is 2. The Balaban J connectivity index is 1.75. The van der Waals surface area contributed by atoms with E-state index in [0.29, 0.717) is 17.7 Å². The maximum Gasteiger partial charge on any atom is 0.271 e. The molecular formula is C21H36N4O2. The molecule has 0 saturated heterocycles. The van der Waals surface area contributed by atoms with Gasteiger partial charge in [0.1, 0.15) is 0 Å². The highest BCUT2D eigenvalue weighted by molar-refractivity contribution is 5.93. The largest absolute Gasteiger partial charge is 0.396 e. The molecule has 1 heterocycles. The Kier molecular flexibility index (Phi) is 6.58. The topological polar surface area (TPSA) is 79.2 Å². The van der Waals surface area contributed by atoms with Crippen LogP contribution >= 0.6 is 0 Å². The van der Waals surface area contributed by atoms with Gasteiger partial charge in [-0.1, -0.05) is 33.1 Å². The van der Waals surface area contributed by atoms with Gasteiger partial charge in [-0.25, -0.2) is 0 Å². The van der Waals surface area contributed by atoms with E-state index in [4.69, 9.17) is 5.10 Å². The number of carbonyl (C=O) groups is 1. The second-order valence-corrected chi connectivity index (χ2v) is 9.18. The lowest BCUT2D eigenvalue weighted by atomic mass is 9.88. The second kappa shape index (κ2) is 8.74. The van der Waals surface area contributed by atoms with Gasteiger partial charge in [0.15, 0.2) is 5.69 Å². The van der Waals surface area contributed by atoms with E-state index in [2.05, 4.69) is 29.2 Å². The summed E-state index contributed by atoms with van der Waals surface area (Å²) in [7, 11) is 1.68. The number of rotatable bonds is 7. The molecule has 0 spiro atoms. The van der Waals surface area contributed by atoms with Crippen molar-refractivity contribution in [1.29, 1.82) is 0 Å². The predicted octanol–water partition coefficient (Wildman–Crippen LogP) is 2.29. The predicted molar refractivity (Wildman–Crippen MR) is 107 cm³/mol. The van der Waals surface area contributed by atoms with Gasteiger partial charge in [0.25, 0.3) is 5.91 Å². The molecule has 1 atom stereocenters. The number of nitrogens with zero attached hydrogens (tertiary/aromatic N) is 2. The van der Waals surface area contributed by atoms with Crippen molar-refractivity contribution in [2.75, 3.05) is 20.2 Å². The highest BCUT2D eigenvalue weighted by Crippen LogP contribution is 2.29. The van der Waals surface area contributed by atoms with Gasteiger partial charge >= 0.3 is 0 Å². The number of amides is 1. The van der Waals surface area contributed by atoms with E-state index in [1.807, 2.05) is 0 Å². The smallest absolute Gasteiger partial charge is 0.271 e. The summed E-state index contributed by atoms with van der Waals surface area (Å²) >= 11 is 0. The molecule has 0 radical (unpaired) electrons. The van der Waals surface area contributed by atoms with Crippen LogP contribution in [0.4, 0.5) is 0 Å². The van der Waals surface area contributed by atoms with Crippen molar-refractivity contribution in [2.45, 2.75) is 77.8 Å². The first-order valence-electron chi connectivity index (χ1n) is 10.6. The lowest BCUT2D eigenvalue weighted by Gasteiger charge is -2.29. The number of fused-ring (bicyclic) bond motifs is 1. The lowest BCUT2D eigenvalue weighted by molar-refractivity contribution is 0.0956. The van der Waals surface area contributed by atoms with Crippen LogP contribution in [0.25, 0.3) is 0 Å². The van der Waals surface area contributed by atoms with Crippen LogP contribution in [0.2, 0.25) is 0 Å². The van der Waals surface area contributed by atoms with E-state index in [1.165, 1.54) is 37.8 Å². The first kappa shape index (κ1) is 20.3. The van der Waals surface area contributed by atoms with Gasteiger partial charge in [0.2, 0.25) is 0 Å². The molecule has 6 heteroatoms. The van der Waals surface area contributed by atoms with Gasteiger partial charge in [-0.3, -0.25) is 9.48 Å². The zero-order valence-electron chi connectivity index (χ0n) is 17.2. The zero-order chi connectivity index (χ0) is 19.4. The molecule has 0 bridgehead atoms. The fourth-order valence-corrected chi connectivity index (χ4v) is 4.40. The Morgan fingerprint density at radius 3 is 2.67 bits per heavy atom. The molecule has 0 unspecified atom stereocenters. The van der Waals surface area contributed by atoms with Crippen molar-refractivity contribution in [1.82, 2.24) is 20.4 Å². The standard InChI is InChI=1S/C21H36N4O2/c1-21(2,14-26)13-23-16-9-10-18-17(11-16)19(20(27)22-3)24-25(18)12-15-7-5-4-6-8-15/h15-16,23,26H,4-14H2,1-3H3,(H,22,27)/t16-/m0/s1. The number of aliphatic hydroxyl groups excluding tert-OH is 1. The monoisotopic (exact) mass is 376 g/mol. The summed E-state index contributed by atoms with van der Waals surface area (Å²) in [5.41, 5.74) is 2.86. The van der Waals surface area contributed by atoms with Crippen LogP contribution in [-0.4, -0.2) is 47.0 Å². The molecule has 0 aromatic carbocycles. The molecule has 152 valence electrons. The third-order valence-electron chi connectivity index (χ3n) is 6.24. The maximum atomic E-state index is 12.4. The summed E-state index contributed by atoms with van der Waals surface area (Å²) in [5.74, 6) is 0.617. The van der Waals surface area contributed by atoms with Crippen LogP contribution < -0.4 is 10.6 Å². The third kappa shape index (κ3) is 4.91. The first-order valence-corrected chi connectivity index (χ1v) is 10.6. The number of nitrogens with one attached hydrogen (secondary N) is 2. The Bertz CT molecular complexity index is 647.